The van der Waals surface area contributed by atoms with Gasteiger partial charge in [-0.2, -0.15) is 0 Å². The lowest BCUT2D eigenvalue weighted by atomic mass is 10.1. The van der Waals surface area contributed by atoms with Gasteiger partial charge in [-0.15, -0.1) is 0 Å². The van der Waals surface area contributed by atoms with Crippen LogP contribution in [-0.4, -0.2) is 95.4 Å². The molecule has 0 aromatic heterocycles. The fourth-order valence-corrected chi connectivity index (χ4v) is 9.25. The number of carbonyl (C=O) groups is 1. The molecule has 0 unspecified atom stereocenters. The van der Waals surface area contributed by atoms with Crippen LogP contribution in [0.25, 0.3) is 0 Å². The number of aryl methyl sites for hydroxylation is 2. The van der Waals surface area contributed by atoms with E-state index in [2.05, 4.69) is 0 Å². The number of hydrogen-bond acceptors (Lipinski definition) is 8. The molecule has 0 bridgehead atoms. The van der Waals surface area contributed by atoms with Crippen molar-refractivity contribution in [3.05, 3.63) is 23.3 Å². The highest BCUT2D eigenvalue weighted by atomic mass is 32.2. The van der Waals surface area contributed by atoms with E-state index in [1.165, 1.54) is 7.11 Å². The van der Waals surface area contributed by atoms with Crippen LogP contribution in [0.4, 0.5) is 4.79 Å². The lowest BCUT2D eigenvalue weighted by Crippen LogP contribution is -2.55. The normalized spacial score (nSPS) is 24.2. The quantitative estimate of drug-likeness (QED) is 0.622. The molecule has 9 nitrogen and oxygen atoms in total. The van der Waals surface area contributed by atoms with Gasteiger partial charge in [-0.05, 0) is 44.0 Å². The van der Waals surface area contributed by atoms with Gasteiger partial charge >= 0.3 is 6.09 Å². The molecule has 2 aliphatic heterocycles. The van der Waals surface area contributed by atoms with Gasteiger partial charge in [0.25, 0.3) is 0 Å². The van der Waals surface area contributed by atoms with E-state index in [0.29, 0.717) is 26.2 Å². The van der Waals surface area contributed by atoms with Gasteiger partial charge < -0.3 is 14.4 Å². The number of sulfone groups is 2. The summed E-state index contributed by atoms with van der Waals surface area (Å²) >= 11 is 0. The summed E-state index contributed by atoms with van der Waals surface area (Å²) < 4.78 is 62.6. The van der Waals surface area contributed by atoms with Crippen LogP contribution in [0.5, 0.6) is 5.75 Å². The van der Waals surface area contributed by atoms with Gasteiger partial charge in [-0.3, -0.25) is 4.90 Å². The Morgan fingerprint density at radius 2 is 1.71 bits per heavy atom. The summed E-state index contributed by atoms with van der Waals surface area (Å²) in [7, 11) is -6.10. The van der Waals surface area contributed by atoms with Crippen LogP contribution in [0.2, 0.25) is 0 Å². The second kappa shape index (κ2) is 8.95. The highest BCUT2D eigenvalue weighted by Gasteiger charge is 2.49. The van der Waals surface area contributed by atoms with Gasteiger partial charge in [0.15, 0.2) is 19.7 Å². The Morgan fingerprint density at radius 3 is 2.29 bits per heavy atom. The number of nitrogens with zero attached hydrogens (tertiary/aromatic N) is 2. The van der Waals surface area contributed by atoms with Crippen LogP contribution in [0.15, 0.2) is 17.0 Å². The van der Waals surface area contributed by atoms with Crippen LogP contribution < -0.4 is 4.74 Å². The van der Waals surface area contributed by atoms with Crippen molar-refractivity contribution in [3.63, 3.8) is 0 Å². The molecule has 2 fully saturated rings. The van der Waals surface area contributed by atoms with Crippen LogP contribution in [-0.2, 0) is 24.4 Å². The van der Waals surface area contributed by atoms with Crippen LogP contribution >= 0.6 is 0 Å². The van der Waals surface area contributed by atoms with Gasteiger partial charge in [0.2, 0.25) is 0 Å². The van der Waals surface area contributed by atoms with E-state index in [0.717, 1.165) is 11.1 Å². The topological polar surface area (TPSA) is 110 Å². The van der Waals surface area contributed by atoms with Gasteiger partial charge in [-0.25, -0.2) is 21.6 Å². The van der Waals surface area contributed by atoms with Gasteiger partial charge in [-0.1, -0.05) is 0 Å². The number of carbonyl (C=O) groups excluding carboxylic acids is 1. The second-order valence-corrected chi connectivity index (χ2v) is 12.3. The van der Waals surface area contributed by atoms with Gasteiger partial charge in [0.05, 0.1) is 30.5 Å². The number of methoxy groups -OCH3 is 1. The molecular formula is C20H30N2O7S2. The summed E-state index contributed by atoms with van der Waals surface area (Å²) in [6.07, 6.45) is -0.412. The van der Waals surface area contributed by atoms with Gasteiger partial charge in [0, 0.05) is 32.2 Å². The maximum absolute atomic E-state index is 13.6. The first-order valence-electron chi connectivity index (χ1n) is 10.3. The molecule has 11 heteroatoms. The first-order valence-corrected chi connectivity index (χ1v) is 13.6. The maximum atomic E-state index is 13.6. The van der Waals surface area contributed by atoms with E-state index >= 15 is 0 Å². The minimum absolute atomic E-state index is 0.0235. The highest BCUT2D eigenvalue weighted by molar-refractivity contribution is 7.96. The zero-order valence-electron chi connectivity index (χ0n) is 18.3. The number of amides is 1. The Hall–Kier alpha value is -1.85. The number of piperazine rings is 1. The Balaban J connectivity index is 1.90. The molecule has 2 saturated heterocycles. The van der Waals surface area contributed by atoms with Crippen molar-refractivity contribution in [3.8, 4) is 5.75 Å². The number of benzene rings is 1. The minimum atomic E-state index is -3.98. The average molecular weight is 475 g/mol. The van der Waals surface area contributed by atoms with Crippen molar-refractivity contribution >= 4 is 25.8 Å². The summed E-state index contributed by atoms with van der Waals surface area (Å²) in [6.45, 7) is 7.16. The van der Waals surface area contributed by atoms with E-state index in [4.69, 9.17) is 9.47 Å². The van der Waals surface area contributed by atoms with Crippen molar-refractivity contribution in [1.82, 2.24) is 9.80 Å². The lowest BCUT2D eigenvalue weighted by Gasteiger charge is -2.38. The van der Waals surface area contributed by atoms with E-state index in [-0.39, 0.29) is 23.0 Å². The van der Waals surface area contributed by atoms with Crippen LogP contribution in [0.1, 0.15) is 18.1 Å². The largest absolute Gasteiger partial charge is 0.495 e. The molecule has 0 spiro atoms. The molecule has 2 heterocycles. The Bertz CT molecular complexity index is 1050. The predicted octanol–water partition coefficient (Wildman–Crippen LogP) is 1.03. The van der Waals surface area contributed by atoms with E-state index < -0.39 is 42.8 Å². The zero-order valence-corrected chi connectivity index (χ0v) is 20.0. The summed E-state index contributed by atoms with van der Waals surface area (Å²) in [6, 6.07) is 2.55. The molecule has 0 aliphatic carbocycles. The SMILES string of the molecule is CCOC(=O)N1CCN([C@H]2CS(=O)(=O)C[C@@H]2S(=O)(=O)c2cc(C)c(C)cc2OC)CC1. The number of rotatable bonds is 5. The molecular weight excluding hydrogens is 444 g/mol. The van der Waals surface area contributed by atoms with E-state index in [1.54, 1.807) is 24.0 Å². The first-order chi connectivity index (χ1) is 14.5. The fraction of sp³-hybridized carbons (Fsp3) is 0.650. The van der Waals surface area contributed by atoms with Crippen LogP contribution in [0.3, 0.4) is 0 Å². The standard InChI is InChI=1S/C20H30N2O7S2/c1-5-29-20(23)22-8-6-21(7-9-22)16-12-30(24,25)13-19(16)31(26,27)18-11-15(3)14(2)10-17(18)28-4/h10-11,16,19H,5-9,12-13H2,1-4H3/t16-,19-/m0/s1. The summed E-state index contributed by atoms with van der Waals surface area (Å²) in [5.74, 6) is -0.421. The second-order valence-electron chi connectivity index (χ2n) is 8.04. The monoisotopic (exact) mass is 474 g/mol. The molecule has 31 heavy (non-hydrogen) atoms. The smallest absolute Gasteiger partial charge is 0.409 e. The predicted molar refractivity (Wildman–Crippen MR) is 116 cm³/mol. The average Bonchev–Trinajstić information content (AvgIpc) is 3.06. The molecule has 0 radical (unpaired) electrons. The third-order valence-corrected chi connectivity index (χ3v) is 10.2. The molecule has 0 saturated carbocycles. The molecule has 174 valence electrons. The van der Waals surface area contributed by atoms with Crippen molar-refractivity contribution in [2.45, 2.75) is 37.0 Å². The van der Waals surface area contributed by atoms with Crippen molar-refractivity contribution in [1.29, 1.82) is 0 Å². The molecule has 3 rings (SSSR count). The Labute approximate surface area is 184 Å². The third kappa shape index (κ3) is 4.83. The van der Waals surface area contributed by atoms with Crippen molar-refractivity contribution in [2.75, 3.05) is 51.4 Å². The Kier molecular flexibility index (Phi) is 6.87. The van der Waals surface area contributed by atoms with E-state index in [9.17, 15) is 21.6 Å². The minimum Gasteiger partial charge on any atom is -0.495 e. The van der Waals surface area contributed by atoms with Gasteiger partial charge in [0.1, 0.15) is 10.6 Å². The molecule has 1 aromatic carbocycles. The lowest BCUT2D eigenvalue weighted by molar-refractivity contribution is 0.0700. The summed E-state index contributed by atoms with van der Waals surface area (Å²) in [4.78, 5) is 15.4. The highest BCUT2D eigenvalue weighted by Crippen LogP contribution is 2.35. The Morgan fingerprint density at radius 1 is 1.10 bits per heavy atom. The fourth-order valence-electron chi connectivity index (χ4n) is 4.19. The molecule has 2 aliphatic rings. The number of ether oxygens (including phenoxy) is 2. The molecule has 2 atom stereocenters. The zero-order chi connectivity index (χ0) is 23.0. The summed E-state index contributed by atoms with van der Waals surface area (Å²) in [5.41, 5.74) is 1.68. The third-order valence-electron chi connectivity index (χ3n) is 6.07. The number of hydrogen-bond donors (Lipinski definition) is 0. The van der Waals surface area contributed by atoms with E-state index in [1.807, 2.05) is 18.7 Å². The summed E-state index contributed by atoms with van der Waals surface area (Å²) in [5, 5.41) is -1.09. The molecule has 0 N–H and O–H groups in total. The molecule has 1 aromatic rings. The first kappa shape index (κ1) is 23.8. The molecule has 1 amide bonds. The van der Waals surface area contributed by atoms with Crippen molar-refractivity contribution < 1.29 is 31.1 Å². The van der Waals surface area contributed by atoms with Crippen molar-refractivity contribution in [2.24, 2.45) is 0 Å². The van der Waals surface area contributed by atoms with Crippen LogP contribution in [0, 0.1) is 13.8 Å². The maximum Gasteiger partial charge on any atom is 0.409 e.